The summed E-state index contributed by atoms with van der Waals surface area (Å²) >= 11 is 0. The van der Waals surface area contributed by atoms with Crippen molar-refractivity contribution in [1.29, 1.82) is 0 Å². The van der Waals surface area contributed by atoms with E-state index in [2.05, 4.69) is 24.0 Å². The van der Waals surface area contributed by atoms with Crippen molar-refractivity contribution in [3.8, 4) is 16.9 Å². The Bertz CT molecular complexity index is 940. The molecule has 3 aliphatic carbocycles. The van der Waals surface area contributed by atoms with Crippen LogP contribution in [0.5, 0.6) is 5.75 Å². The van der Waals surface area contributed by atoms with Gasteiger partial charge < -0.3 is 15.1 Å². The first-order valence-electron chi connectivity index (χ1n) is 11.1. The van der Waals surface area contributed by atoms with Gasteiger partial charge in [0.15, 0.2) is 0 Å². The molecule has 29 heavy (non-hydrogen) atoms. The number of rotatable bonds is 2. The quantitative estimate of drug-likeness (QED) is 0.775. The zero-order chi connectivity index (χ0) is 20.3. The average Bonchev–Trinajstić information content (AvgIpc) is 3.02. The van der Waals surface area contributed by atoms with Crippen LogP contribution in [-0.4, -0.2) is 35.4 Å². The Morgan fingerprint density at radius 2 is 1.93 bits per heavy atom. The van der Waals surface area contributed by atoms with Crippen molar-refractivity contribution in [3.63, 3.8) is 0 Å². The summed E-state index contributed by atoms with van der Waals surface area (Å²) in [5.74, 6) is 3.07. The van der Waals surface area contributed by atoms with Crippen molar-refractivity contribution in [3.05, 3.63) is 41.6 Å². The Morgan fingerprint density at radius 1 is 1.10 bits per heavy atom. The summed E-state index contributed by atoms with van der Waals surface area (Å²) < 4.78 is 0. The number of aromatic nitrogens is 1. The molecule has 0 amide bonds. The number of hydrogen-bond acceptors (Lipinski definition) is 4. The number of anilines is 1. The van der Waals surface area contributed by atoms with Gasteiger partial charge in [-0.1, -0.05) is 13.0 Å². The van der Waals surface area contributed by atoms with E-state index in [4.69, 9.17) is 0 Å². The summed E-state index contributed by atoms with van der Waals surface area (Å²) in [7, 11) is 4.00. The second-order valence-electron chi connectivity index (χ2n) is 9.85. The van der Waals surface area contributed by atoms with Gasteiger partial charge in [0.25, 0.3) is 0 Å². The van der Waals surface area contributed by atoms with Crippen LogP contribution in [-0.2, 0) is 6.42 Å². The number of phenolic OH excluding ortho intramolecular Hbond substituents is 1. The molecule has 0 saturated heterocycles. The minimum absolute atomic E-state index is 0.0971. The standard InChI is InChI=1S/C25H32N2O2/c1-25-13-12-16-15-8-10-21(28)23(19-5-4-14-26-24(19)27(2)3)18(15)7-6-17(16)20(25)9-11-22(25)29/h4-5,8,10,14,16-17,20,22,28-29H,6-7,9,11-13H2,1-3H3/t16?,17?,20?,22-,25-/m0/s1. The Morgan fingerprint density at radius 3 is 2.72 bits per heavy atom. The van der Waals surface area contributed by atoms with E-state index in [1.165, 1.54) is 11.1 Å². The van der Waals surface area contributed by atoms with Crippen LogP contribution in [0.2, 0.25) is 0 Å². The van der Waals surface area contributed by atoms with E-state index in [9.17, 15) is 10.2 Å². The summed E-state index contributed by atoms with van der Waals surface area (Å²) in [6.07, 6.45) is 8.18. The molecule has 1 aromatic heterocycles. The van der Waals surface area contributed by atoms with E-state index in [-0.39, 0.29) is 11.5 Å². The molecule has 3 aliphatic rings. The lowest BCUT2D eigenvalue weighted by Crippen LogP contribution is -2.44. The van der Waals surface area contributed by atoms with Crippen LogP contribution < -0.4 is 4.90 Å². The zero-order valence-corrected chi connectivity index (χ0v) is 17.7. The van der Waals surface area contributed by atoms with E-state index >= 15 is 0 Å². The second-order valence-corrected chi connectivity index (χ2v) is 9.85. The van der Waals surface area contributed by atoms with Gasteiger partial charge in [-0.3, -0.25) is 0 Å². The highest BCUT2D eigenvalue weighted by molar-refractivity contribution is 5.83. The van der Waals surface area contributed by atoms with E-state index in [1.54, 1.807) is 0 Å². The monoisotopic (exact) mass is 392 g/mol. The lowest BCUT2D eigenvalue weighted by molar-refractivity contribution is -0.0225. The Kier molecular flexibility index (Phi) is 4.39. The molecular weight excluding hydrogens is 360 g/mol. The van der Waals surface area contributed by atoms with Gasteiger partial charge in [-0.05, 0) is 91.0 Å². The van der Waals surface area contributed by atoms with Crippen LogP contribution in [0.3, 0.4) is 0 Å². The third kappa shape index (κ3) is 2.72. The van der Waals surface area contributed by atoms with Crippen LogP contribution in [0.1, 0.15) is 56.1 Å². The molecule has 4 nitrogen and oxygen atoms in total. The summed E-state index contributed by atoms with van der Waals surface area (Å²) in [5.41, 5.74) is 4.81. The number of fused-ring (bicyclic) bond motifs is 5. The summed E-state index contributed by atoms with van der Waals surface area (Å²) in [4.78, 5) is 6.59. The number of aromatic hydroxyl groups is 1. The zero-order valence-electron chi connectivity index (χ0n) is 17.7. The molecule has 0 aliphatic heterocycles. The lowest BCUT2D eigenvalue weighted by Gasteiger charge is -2.50. The predicted octanol–water partition coefficient (Wildman–Crippen LogP) is 4.74. The minimum atomic E-state index is -0.136. The summed E-state index contributed by atoms with van der Waals surface area (Å²) in [6.45, 7) is 2.32. The van der Waals surface area contributed by atoms with Crippen molar-refractivity contribution in [2.45, 2.75) is 57.5 Å². The fraction of sp³-hybridized carbons (Fsp3) is 0.560. The van der Waals surface area contributed by atoms with Gasteiger partial charge in [-0.15, -0.1) is 0 Å². The maximum atomic E-state index is 10.9. The number of pyridine rings is 1. The van der Waals surface area contributed by atoms with Gasteiger partial charge >= 0.3 is 0 Å². The Labute approximate surface area is 173 Å². The topological polar surface area (TPSA) is 56.6 Å². The summed E-state index contributed by atoms with van der Waals surface area (Å²) in [5, 5.41) is 21.5. The maximum absolute atomic E-state index is 10.9. The molecule has 154 valence electrons. The third-order valence-electron chi connectivity index (χ3n) is 8.32. The van der Waals surface area contributed by atoms with E-state index < -0.39 is 0 Å². The van der Waals surface area contributed by atoms with E-state index in [0.29, 0.717) is 23.5 Å². The van der Waals surface area contributed by atoms with Crippen LogP contribution in [0.4, 0.5) is 5.82 Å². The molecule has 4 heteroatoms. The molecular formula is C25H32N2O2. The first-order chi connectivity index (χ1) is 13.9. The first kappa shape index (κ1) is 18.9. The molecule has 1 aromatic carbocycles. The molecule has 0 bridgehead atoms. The third-order valence-corrected chi connectivity index (χ3v) is 8.32. The number of benzene rings is 1. The summed E-state index contributed by atoms with van der Waals surface area (Å²) in [6, 6.07) is 8.10. The molecule has 5 rings (SSSR count). The van der Waals surface area contributed by atoms with Crippen molar-refractivity contribution in [1.82, 2.24) is 4.98 Å². The van der Waals surface area contributed by atoms with Gasteiger partial charge in [0.2, 0.25) is 0 Å². The molecule has 5 atom stereocenters. The normalized spacial score (nSPS) is 33.0. The molecule has 2 fully saturated rings. The van der Waals surface area contributed by atoms with Gasteiger partial charge in [0.05, 0.1) is 6.10 Å². The van der Waals surface area contributed by atoms with Crippen LogP contribution in [0.15, 0.2) is 30.5 Å². The molecule has 2 N–H and O–H groups in total. The lowest BCUT2D eigenvalue weighted by atomic mass is 9.55. The molecule has 2 aromatic rings. The highest BCUT2D eigenvalue weighted by Gasteiger charge is 2.54. The molecule has 2 saturated carbocycles. The van der Waals surface area contributed by atoms with Crippen molar-refractivity contribution < 1.29 is 10.2 Å². The highest BCUT2D eigenvalue weighted by atomic mass is 16.3. The van der Waals surface area contributed by atoms with Gasteiger partial charge in [0.1, 0.15) is 11.6 Å². The van der Waals surface area contributed by atoms with Gasteiger partial charge in [0, 0.05) is 31.4 Å². The van der Waals surface area contributed by atoms with Crippen molar-refractivity contribution >= 4 is 5.82 Å². The van der Waals surface area contributed by atoms with E-state index in [1.807, 2.05) is 37.3 Å². The van der Waals surface area contributed by atoms with Crippen molar-refractivity contribution in [2.75, 3.05) is 19.0 Å². The van der Waals surface area contributed by atoms with Crippen LogP contribution in [0, 0.1) is 17.3 Å². The second kappa shape index (κ2) is 6.73. The Hall–Kier alpha value is -2.07. The van der Waals surface area contributed by atoms with Crippen LogP contribution >= 0.6 is 0 Å². The predicted molar refractivity (Wildman–Crippen MR) is 116 cm³/mol. The average molecular weight is 393 g/mol. The van der Waals surface area contributed by atoms with Gasteiger partial charge in [-0.25, -0.2) is 4.98 Å². The highest BCUT2D eigenvalue weighted by Crippen LogP contribution is 2.61. The SMILES string of the molecule is CN(C)c1ncccc1-c1c(O)ccc2c1CCC1C2CC[C@@]2(C)C1CC[C@@H]2O. The molecule has 3 unspecified atom stereocenters. The first-order valence-corrected chi connectivity index (χ1v) is 11.1. The molecule has 0 radical (unpaired) electrons. The number of aliphatic hydroxyl groups excluding tert-OH is 1. The Balaban J connectivity index is 1.61. The largest absolute Gasteiger partial charge is 0.507 e. The van der Waals surface area contributed by atoms with Crippen LogP contribution in [0.25, 0.3) is 11.1 Å². The van der Waals surface area contributed by atoms with Crippen molar-refractivity contribution in [2.24, 2.45) is 17.3 Å². The number of hydrogen-bond donors (Lipinski definition) is 2. The smallest absolute Gasteiger partial charge is 0.136 e. The maximum Gasteiger partial charge on any atom is 0.136 e. The number of aliphatic hydroxyl groups is 1. The molecule has 1 heterocycles. The number of nitrogens with zero attached hydrogens (tertiary/aromatic N) is 2. The fourth-order valence-corrected chi connectivity index (χ4v) is 6.88. The van der Waals surface area contributed by atoms with E-state index in [0.717, 1.165) is 55.5 Å². The molecule has 0 spiro atoms. The van der Waals surface area contributed by atoms with Gasteiger partial charge in [-0.2, -0.15) is 0 Å². The minimum Gasteiger partial charge on any atom is -0.507 e. The fourth-order valence-electron chi connectivity index (χ4n) is 6.88. The number of phenols is 1.